The van der Waals surface area contributed by atoms with E-state index in [0.717, 1.165) is 48.4 Å². The van der Waals surface area contributed by atoms with Crippen LogP contribution in [-0.2, 0) is 16.7 Å². The number of aromatic nitrogens is 4. The van der Waals surface area contributed by atoms with Gasteiger partial charge in [0.2, 0.25) is 5.82 Å². The molecule has 182 valence electrons. The Morgan fingerprint density at radius 1 is 1.06 bits per heavy atom. The molecule has 0 spiro atoms. The fraction of sp³-hybridized carbons (Fsp3) is 0.393. The third-order valence-electron chi connectivity index (χ3n) is 6.92. The van der Waals surface area contributed by atoms with E-state index in [9.17, 15) is 5.11 Å². The second kappa shape index (κ2) is 9.76. The van der Waals surface area contributed by atoms with Crippen molar-refractivity contribution in [3.63, 3.8) is 0 Å². The highest BCUT2D eigenvalue weighted by Gasteiger charge is 2.20. The van der Waals surface area contributed by atoms with Crippen molar-refractivity contribution in [2.75, 3.05) is 19.8 Å². The minimum atomic E-state index is -0.288. The summed E-state index contributed by atoms with van der Waals surface area (Å²) in [5.74, 6) is 1.52. The smallest absolute Gasteiger partial charge is 0.278 e. The lowest BCUT2D eigenvalue weighted by atomic mass is 9.85. The number of benzene rings is 2. The Balaban J connectivity index is 1.32. The zero-order valence-corrected chi connectivity index (χ0v) is 20.6. The van der Waals surface area contributed by atoms with Crippen LogP contribution in [0.15, 0.2) is 59.1 Å². The molecular formula is C28H32N4O3. The lowest BCUT2D eigenvalue weighted by Crippen LogP contribution is -2.22. The summed E-state index contributed by atoms with van der Waals surface area (Å²) in [6, 6.07) is 18.7. The van der Waals surface area contributed by atoms with Gasteiger partial charge in [0, 0.05) is 29.9 Å². The van der Waals surface area contributed by atoms with E-state index in [1.165, 1.54) is 5.56 Å². The first-order chi connectivity index (χ1) is 16.9. The van der Waals surface area contributed by atoms with Gasteiger partial charge in [0.15, 0.2) is 5.69 Å². The van der Waals surface area contributed by atoms with Crippen LogP contribution in [0.4, 0.5) is 0 Å². The maximum atomic E-state index is 9.71. The third-order valence-corrected chi connectivity index (χ3v) is 6.92. The molecule has 7 heteroatoms. The molecule has 3 heterocycles. The summed E-state index contributed by atoms with van der Waals surface area (Å²) < 4.78 is 13.0. The zero-order chi connectivity index (χ0) is 24.4. The van der Waals surface area contributed by atoms with E-state index in [1.807, 2.05) is 37.6 Å². The Labute approximate surface area is 205 Å². The molecule has 5 rings (SSSR count). The number of hydrogen-bond donors (Lipinski definition) is 1. The summed E-state index contributed by atoms with van der Waals surface area (Å²) in [6.45, 7) is 8.47. The maximum absolute atomic E-state index is 9.71. The lowest BCUT2D eigenvalue weighted by Gasteiger charge is -2.23. The number of rotatable bonds is 7. The summed E-state index contributed by atoms with van der Waals surface area (Å²) in [4.78, 5) is 4.61. The van der Waals surface area contributed by atoms with Crippen LogP contribution in [0, 0.1) is 6.92 Å². The lowest BCUT2D eigenvalue weighted by molar-refractivity contribution is 0.0853. The van der Waals surface area contributed by atoms with Crippen LogP contribution in [-0.4, -0.2) is 44.8 Å². The highest BCUT2D eigenvalue weighted by Crippen LogP contribution is 2.29. The van der Waals surface area contributed by atoms with Crippen molar-refractivity contribution in [3.05, 3.63) is 77.0 Å². The number of nitrogens with zero attached hydrogens (tertiary/aromatic N) is 4. The molecule has 1 aliphatic heterocycles. The average molecular weight is 473 g/mol. The monoisotopic (exact) mass is 472 g/mol. The quantitative estimate of drug-likeness (QED) is 0.402. The van der Waals surface area contributed by atoms with Crippen molar-refractivity contribution in [1.29, 1.82) is 0 Å². The van der Waals surface area contributed by atoms with Gasteiger partial charge in [-0.3, -0.25) is 4.68 Å². The summed E-state index contributed by atoms with van der Waals surface area (Å²) in [6.07, 6.45) is 2.13. The van der Waals surface area contributed by atoms with E-state index in [4.69, 9.17) is 14.4 Å². The molecule has 0 saturated carbocycles. The Morgan fingerprint density at radius 3 is 2.57 bits per heavy atom. The standard InChI is InChI=1S/C28H32N4O3/c1-19-15-25(30-32(19)17-20-5-4-6-24(16-20)28(2,3)18-33)27-29-26(31-35-27)23-9-7-21(8-10-23)22-11-13-34-14-12-22/h4-10,15-16,22,33H,11-14,17-18H2,1-3H3. The molecule has 2 aromatic heterocycles. The van der Waals surface area contributed by atoms with Crippen LogP contribution in [0.3, 0.4) is 0 Å². The van der Waals surface area contributed by atoms with Crippen molar-refractivity contribution < 1.29 is 14.4 Å². The predicted octanol–water partition coefficient (Wildman–Crippen LogP) is 5.12. The Bertz CT molecular complexity index is 1280. The number of hydrogen-bond acceptors (Lipinski definition) is 6. The normalized spacial score (nSPS) is 15.0. The largest absolute Gasteiger partial charge is 0.395 e. The van der Waals surface area contributed by atoms with Crippen molar-refractivity contribution in [2.24, 2.45) is 0 Å². The first-order valence-electron chi connectivity index (χ1n) is 12.2. The van der Waals surface area contributed by atoms with Gasteiger partial charge in [0.25, 0.3) is 5.89 Å². The number of ether oxygens (including phenoxy) is 1. The van der Waals surface area contributed by atoms with Crippen molar-refractivity contribution in [1.82, 2.24) is 19.9 Å². The van der Waals surface area contributed by atoms with Crippen LogP contribution < -0.4 is 0 Å². The molecule has 0 bridgehead atoms. The molecule has 1 saturated heterocycles. The van der Waals surface area contributed by atoms with E-state index in [-0.39, 0.29) is 12.0 Å². The first kappa shape index (κ1) is 23.5. The van der Waals surface area contributed by atoms with E-state index in [1.54, 1.807) is 0 Å². The zero-order valence-electron chi connectivity index (χ0n) is 20.6. The van der Waals surface area contributed by atoms with Crippen molar-refractivity contribution in [3.8, 4) is 23.0 Å². The van der Waals surface area contributed by atoms with Gasteiger partial charge in [0.1, 0.15) is 0 Å². The van der Waals surface area contributed by atoms with Crippen LogP contribution in [0.5, 0.6) is 0 Å². The second-order valence-corrected chi connectivity index (χ2v) is 10.0. The van der Waals surface area contributed by atoms with Gasteiger partial charge in [-0.15, -0.1) is 0 Å². The molecule has 0 atom stereocenters. The molecule has 4 aromatic rings. The van der Waals surface area contributed by atoms with Gasteiger partial charge < -0.3 is 14.4 Å². The topological polar surface area (TPSA) is 86.2 Å². The SMILES string of the molecule is Cc1cc(-c2nc(-c3ccc(C4CCOCC4)cc3)no2)nn1Cc1cccc(C(C)(C)CO)c1. The molecule has 7 nitrogen and oxygen atoms in total. The van der Waals surface area contributed by atoms with Crippen LogP contribution in [0.1, 0.15) is 55.0 Å². The Kier molecular flexibility index (Phi) is 6.54. The minimum Gasteiger partial charge on any atom is -0.395 e. The number of aliphatic hydroxyl groups excluding tert-OH is 1. The molecule has 2 aromatic carbocycles. The van der Waals surface area contributed by atoms with E-state index in [2.05, 4.69) is 52.6 Å². The number of aliphatic hydroxyl groups is 1. The van der Waals surface area contributed by atoms with Gasteiger partial charge >= 0.3 is 0 Å². The van der Waals surface area contributed by atoms with E-state index < -0.39 is 0 Å². The van der Waals surface area contributed by atoms with Gasteiger partial charge in [-0.05, 0) is 48.4 Å². The second-order valence-electron chi connectivity index (χ2n) is 10.0. The predicted molar refractivity (Wildman–Crippen MR) is 134 cm³/mol. The number of aryl methyl sites for hydroxylation is 1. The fourth-order valence-corrected chi connectivity index (χ4v) is 4.51. The molecule has 35 heavy (non-hydrogen) atoms. The Hall–Kier alpha value is -3.29. The van der Waals surface area contributed by atoms with Gasteiger partial charge in [0.05, 0.1) is 13.2 Å². The van der Waals surface area contributed by atoms with Crippen molar-refractivity contribution >= 4 is 0 Å². The summed E-state index contributed by atoms with van der Waals surface area (Å²) in [7, 11) is 0. The van der Waals surface area contributed by atoms with Crippen LogP contribution in [0.2, 0.25) is 0 Å². The molecular weight excluding hydrogens is 440 g/mol. The maximum Gasteiger partial charge on any atom is 0.278 e. The molecule has 0 amide bonds. The highest BCUT2D eigenvalue weighted by molar-refractivity contribution is 5.58. The summed E-state index contributed by atoms with van der Waals surface area (Å²) >= 11 is 0. The average Bonchev–Trinajstić information content (AvgIpc) is 3.52. The minimum absolute atomic E-state index is 0.0964. The van der Waals surface area contributed by atoms with Crippen molar-refractivity contribution in [2.45, 2.75) is 51.5 Å². The van der Waals surface area contributed by atoms with E-state index >= 15 is 0 Å². The first-order valence-corrected chi connectivity index (χ1v) is 12.2. The molecule has 0 radical (unpaired) electrons. The molecule has 0 aliphatic carbocycles. The molecule has 1 aliphatic rings. The van der Waals surface area contributed by atoms with Gasteiger partial charge in [-0.2, -0.15) is 10.1 Å². The molecule has 1 N–H and O–H groups in total. The molecule has 0 unspecified atom stereocenters. The van der Waals surface area contributed by atoms with Crippen LogP contribution >= 0.6 is 0 Å². The van der Waals surface area contributed by atoms with E-state index in [0.29, 0.717) is 29.9 Å². The van der Waals surface area contributed by atoms with Gasteiger partial charge in [-0.1, -0.05) is 67.5 Å². The third kappa shape index (κ3) is 5.06. The summed E-state index contributed by atoms with van der Waals surface area (Å²) in [5, 5.41) is 18.6. The highest BCUT2D eigenvalue weighted by atomic mass is 16.5. The van der Waals surface area contributed by atoms with Gasteiger partial charge in [-0.25, -0.2) is 0 Å². The van der Waals surface area contributed by atoms with Crippen LogP contribution in [0.25, 0.3) is 23.0 Å². The fourth-order valence-electron chi connectivity index (χ4n) is 4.51. The summed E-state index contributed by atoms with van der Waals surface area (Å²) in [5.41, 5.74) is 5.87. The Morgan fingerprint density at radius 2 is 1.83 bits per heavy atom. The molecule has 1 fully saturated rings.